The van der Waals surface area contributed by atoms with Gasteiger partial charge in [0.25, 0.3) is 0 Å². The van der Waals surface area contributed by atoms with Crippen molar-refractivity contribution in [3.63, 3.8) is 0 Å². The number of benzene rings is 1. The smallest absolute Gasteiger partial charge is 0.144 e. The lowest BCUT2D eigenvalue weighted by Crippen LogP contribution is -2.15. The zero-order chi connectivity index (χ0) is 13.0. The molecule has 0 saturated carbocycles. The zero-order valence-corrected chi connectivity index (χ0v) is 10.8. The van der Waals surface area contributed by atoms with Crippen molar-refractivity contribution in [3.05, 3.63) is 48.1 Å². The predicted molar refractivity (Wildman–Crippen MR) is 70.2 cm³/mol. The van der Waals surface area contributed by atoms with E-state index in [1.807, 2.05) is 54.2 Å². The molecular weight excluding hydrogens is 228 g/mol. The van der Waals surface area contributed by atoms with E-state index in [-0.39, 0.29) is 0 Å². The summed E-state index contributed by atoms with van der Waals surface area (Å²) >= 11 is 0. The number of methoxy groups -OCH3 is 2. The average Bonchev–Trinajstić information content (AvgIpc) is 2.41. The van der Waals surface area contributed by atoms with Crippen LogP contribution < -0.4 is 15.0 Å². The number of hydrogen-bond donors (Lipinski definition) is 0. The molecule has 0 unspecified atom stereocenters. The van der Waals surface area contributed by atoms with Crippen LogP contribution in [0, 0.1) is 0 Å². The lowest BCUT2D eigenvalue weighted by Gasteiger charge is -2.07. The van der Waals surface area contributed by atoms with Gasteiger partial charge >= 0.3 is 0 Å². The van der Waals surface area contributed by atoms with Crippen molar-refractivity contribution in [2.24, 2.45) is 12.0 Å². The van der Waals surface area contributed by atoms with Gasteiger partial charge in [0.2, 0.25) is 0 Å². The standard InChI is InChI=1S/C14H16N2O2/c1-16-9-5-4-6-14(16)15-12-10-11(17-2)7-8-13(12)18-3/h4-10H,1-3H3. The Kier molecular flexibility index (Phi) is 3.67. The number of hydrogen-bond acceptors (Lipinski definition) is 3. The van der Waals surface area contributed by atoms with E-state index in [1.54, 1.807) is 14.2 Å². The van der Waals surface area contributed by atoms with Crippen LogP contribution in [0.25, 0.3) is 0 Å². The third-order valence-electron chi connectivity index (χ3n) is 2.65. The van der Waals surface area contributed by atoms with Gasteiger partial charge in [-0.2, -0.15) is 0 Å². The molecule has 4 nitrogen and oxygen atoms in total. The first-order valence-electron chi connectivity index (χ1n) is 5.63. The number of rotatable bonds is 3. The van der Waals surface area contributed by atoms with Gasteiger partial charge in [0, 0.05) is 19.3 Å². The molecule has 0 spiro atoms. The SMILES string of the molecule is COc1ccc(OC)c(N=c2ccccn2C)c1. The van der Waals surface area contributed by atoms with Crippen molar-refractivity contribution in [2.75, 3.05) is 14.2 Å². The Morgan fingerprint density at radius 3 is 2.56 bits per heavy atom. The summed E-state index contributed by atoms with van der Waals surface area (Å²) < 4.78 is 12.4. The Bertz CT molecular complexity index is 603. The second kappa shape index (κ2) is 5.40. The van der Waals surface area contributed by atoms with Crippen molar-refractivity contribution in [3.8, 4) is 11.5 Å². The molecule has 0 radical (unpaired) electrons. The fraction of sp³-hybridized carbons (Fsp3) is 0.214. The monoisotopic (exact) mass is 244 g/mol. The molecule has 1 aromatic heterocycles. The Morgan fingerprint density at radius 2 is 1.89 bits per heavy atom. The second-order valence-electron chi connectivity index (χ2n) is 3.82. The summed E-state index contributed by atoms with van der Waals surface area (Å²) in [5.41, 5.74) is 1.60. The summed E-state index contributed by atoms with van der Waals surface area (Å²) in [5, 5.41) is 0. The van der Waals surface area contributed by atoms with E-state index in [9.17, 15) is 0 Å². The number of aryl methyl sites for hydroxylation is 1. The highest BCUT2D eigenvalue weighted by atomic mass is 16.5. The molecule has 4 heteroatoms. The summed E-state index contributed by atoms with van der Waals surface area (Å²) in [6.45, 7) is 0. The van der Waals surface area contributed by atoms with Crippen molar-refractivity contribution < 1.29 is 9.47 Å². The summed E-state index contributed by atoms with van der Waals surface area (Å²) in [4.78, 5) is 4.58. The van der Waals surface area contributed by atoms with Crippen LogP contribution in [0.5, 0.6) is 11.5 Å². The summed E-state index contributed by atoms with van der Waals surface area (Å²) in [7, 11) is 5.21. The summed E-state index contributed by atoms with van der Waals surface area (Å²) in [6, 6.07) is 11.4. The van der Waals surface area contributed by atoms with E-state index in [4.69, 9.17) is 9.47 Å². The van der Waals surface area contributed by atoms with Crippen LogP contribution in [0.15, 0.2) is 47.6 Å². The maximum atomic E-state index is 5.30. The normalized spacial score (nSPS) is 11.4. The minimum Gasteiger partial charge on any atom is -0.497 e. The first kappa shape index (κ1) is 12.2. The van der Waals surface area contributed by atoms with E-state index < -0.39 is 0 Å². The summed E-state index contributed by atoms with van der Waals surface area (Å²) in [5.74, 6) is 1.48. The highest BCUT2D eigenvalue weighted by Crippen LogP contribution is 2.30. The van der Waals surface area contributed by atoms with Crippen LogP contribution in [0.3, 0.4) is 0 Å². The van der Waals surface area contributed by atoms with Gasteiger partial charge in [-0.3, -0.25) is 0 Å². The lowest BCUT2D eigenvalue weighted by molar-refractivity contribution is 0.404. The largest absolute Gasteiger partial charge is 0.497 e. The molecule has 0 atom stereocenters. The van der Waals surface area contributed by atoms with E-state index in [0.29, 0.717) is 0 Å². The molecule has 0 aliphatic rings. The van der Waals surface area contributed by atoms with E-state index in [0.717, 1.165) is 22.7 Å². The van der Waals surface area contributed by atoms with Crippen LogP contribution in [0.4, 0.5) is 5.69 Å². The average molecular weight is 244 g/mol. The minimum absolute atomic E-state index is 0.722. The van der Waals surface area contributed by atoms with Gasteiger partial charge in [-0.25, -0.2) is 4.99 Å². The highest BCUT2D eigenvalue weighted by molar-refractivity contribution is 5.55. The highest BCUT2D eigenvalue weighted by Gasteiger charge is 2.03. The molecule has 0 fully saturated rings. The van der Waals surface area contributed by atoms with Gasteiger partial charge in [0.05, 0.1) is 14.2 Å². The molecule has 2 rings (SSSR count). The molecule has 0 bridgehead atoms. The molecule has 18 heavy (non-hydrogen) atoms. The van der Waals surface area contributed by atoms with Crippen LogP contribution >= 0.6 is 0 Å². The fourth-order valence-corrected chi connectivity index (χ4v) is 1.64. The molecule has 0 saturated heterocycles. The van der Waals surface area contributed by atoms with Gasteiger partial charge in [-0.05, 0) is 24.3 Å². The Hall–Kier alpha value is -2.23. The van der Waals surface area contributed by atoms with Crippen molar-refractivity contribution in [1.82, 2.24) is 4.57 Å². The van der Waals surface area contributed by atoms with E-state index in [1.165, 1.54) is 0 Å². The van der Waals surface area contributed by atoms with Crippen molar-refractivity contribution >= 4 is 5.69 Å². The quantitative estimate of drug-likeness (QED) is 0.830. The van der Waals surface area contributed by atoms with Crippen LogP contribution in [0.2, 0.25) is 0 Å². The number of pyridine rings is 1. The molecule has 0 amide bonds. The Labute approximate surface area is 106 Å². The van der Waals surface area contributed by atoms with Gasteiger partial charge in [0.1, 0.15) is 22.7 Å². The van der Waals surface area contributed by atoms with Crippen molar-refractivity contribution in [2.45, 2.75) is 0 Å². The number of nitrogens with zero attached hydrogens (tertiary/aromatic N) is 2. The molecule has 1 heterocycles. The molecule has 2 aromatic rings. The van der Waals surface area contributed by atoms with Crippen LogP contribution in [-0.4, -0.2) is 18.8 Å². The molecule has 1 aromatic carbocycles. The second-order valence-corrected chi connectivity index (χ2v) is 3.82. The van der Waals surface area contributed by atoms with Crippen LogP contribution in [0.1, 0.15) is 0 Å². The van der Waals surface area contributed by atoms with Gasteiger partial charge in [-0.15, -0.1) is 0 Å². The van der Waals surface area contributed by atoms with Crippen molar-refractivity contribution in [1.29, 1.82) is 0 Å². The first-order chi connectivity index (χ1) is 8.74. The maximum absolute atomic E-state index is 5.30. The Balaban J connectivity index is 2.57. The minimum atomic E-state index is 0.722. The first-order valence-corrected chi connectivity index (χ1v) is 5.63. The molecule has 0 aliphatic heterocycles. The van der Waals surface area contributed by atoms with E-state index in [2.05, 4.69) is 4.99 Å². The molecule has 94 valence electrons. The van der Waals surface area contributed by atoms with Gasteiger partial charge in [0.15, 0.2) is 0 Å². The Morgan fingerprint density at radius 1 is 1.06 bits per heavy atom. The summed E-state index contributed by atoms with van der Waals surface area (Å²) in [6.07, 6.45) is 1.95. The molecule has 0 aliphatic carbocycles. The predicted octanol–water partition coefficient (Wildman–Crippen LogP) is 2.27. The zero-order valence-electron chi connectivity index (χ0n) is 10.8. The molecular formula is C14H16N2O2. The third kappa shape index (κ3) is 2.53. The molecule has 0 N–H and O–H groups in total. The lowest BCUT2D eigenvalue weighted by atomic mass is 10.3. The number of aromatic nitrogens is 1. The third-order valence-corrected chi connectivity index (χ3v) is 2.65. The van der Waals surface area contributed by atoms with E-state index >= 15 is 0 Å². The van der Waals surface area contributed by atoms with Crippen LogP contribution in [-0.2, 0) is 7.05 Å². The topological polar surface area (TPSA) is 35.8 Å². The van der Waals surface area contributed by atoms with Gasteiger partial charge in [-0.1, -0.05) is 6.07 Å². The number of ether oxygens (including phenoxy) is 2. The maximum Gasteiger partial charge on any atom is 0.144 e. The van der Waals surface area contributed by atoms with Gasteiger partial charge < -0.3 is 14.0 Å². The fourth-order valence-electron chi connectivity index (χ4n) is 1.64.